The van der Waals surface area contributed by atoms with Crippen LogP contribution in [0.1, 0.15) is 67.2 Å². The molecule has 4 bridgehead atoms. The normalized spacial score (nSPS) is 57.9. The van der Waals surface area contributed by atoms with Gasteiger partial charge in [-0.15, -0.1) is 0 Å². The van der Waals surface area contributed by atoms with Gasteiger partial charge in [-0.2, -0.15) is 0 Å². The van der Waals surface area contributed by atoms with Crippen LogP contribution in [-0.4, -0.2) is 37.4 Å². The van der Waals surface area contributed by atoms with Crippen LogP contribution >= 0.6 is 0 Å². The van der Waals surface area contributed by atoms with Crippen LogP contribution in [0.4, 0.5) is 0 Å². The van der Waals surface area contributed by atoms with Crippen LogP contribution in [0, 0.1) is 34.5 Å². The Morgan fingerprint density at radius 1 is 0.615 bits per heavy atom. The van der Waals surface area contributed by atoms with Gasteiger partial charge >= 0.3 is 14.0 Å². The molecular formula is C20H32B2O4. The first kappa shape index (κ1) is 16.9. The first-order valence-corrected chi connectivity index (χ1v) is 10.7. The fourth-order valence-electron chi connectivity index (χ4n) is 8.03. The van der Waals surface area contributed by atoms with Crippen molar-refractivity contribution in [2.45, 2.75) is 90.6 Å². The van der Waals surface area contributed by atoms with Gasteiger partial charge in [-0.3, -0.25) is 0 Å². The van der Waals surface area contributed by atoms with Crippen molar-refractivity contribution in [1.29, 1.82) is 0 Å². The second kappa shape index (κ2) is 4.58. The van der Waals surface area contributed by atoms with Crippen molar-refractivity contribution in [1.82, 2.24) is 0 Å². The summed E-state index contributed by atoms with van der Waals surface area (Å²) in [5.41, 5.74) is 0.357. The van der Waals surface area contributed by atoms with Gasteiger partial charge in [0.05, 0.1) is 23.4 Å². The van der Waals surface area contributed by atoms with Crippen LogP contribution in [0.25, 0.3) is 0 Å². The fraction of sp³-hybridized carbons (Fsp3) is 1.00. The first-order valence-electron chi connectivity index (χ1n) is 10.7. The Hall–Kier alpha value is -0.0301. The molecule has 2 unspecified atom stereocenters. The van der Waals surface area contributed by atoms with Crippen molar-refractivity contribution in [2.75, 3.05) is 0 Å². The molecule has 26 heavy (non-hydrogen) atoms. The summed E-state index contributed by atoms with van der Waals surface area (Å²) in [6, 6.07) is 0. The standard InChI is InChI=1S/C20H32B2O4/c1-17(2)11-7-13(17)19(5)15(9-11)23-21(25-19)22-24-16-10-12-8-14(18(12,3)4)20(16,6)26-22/h11-16H,7-10H2,1-6H3/t11-,12-,13-,14-,15?,16?,19-,20-/m1/s1. The smallest absolute Gasteiger partial charge is 0.407 e. The highest BCUT2D eigenvalue weighted by atomic mass is 16.7. The van der Waals surface area contributed by atoms with E-state index in [4.69, 9.17) is 18.6 Å². The minimum Gasteiger partial charge on any atom is -0.407 e. The predicted octanol–water partition coefficient (Wildman–Crippen LogP) is 3.52. The van der Waals surface area contributed by atoms with Crippen LogP contribution in [0.3, 0.4) is 0 Å². The molecule has 8 fully saturated rings. The predicted molar refractivity (Wildman–Crippen MR) is 100 cm³/mol. The van der Waals surface area contributed by atoms with Crippen LogP contribution in [0.2, 0.25) is 0 Å². The lowest BCUT2D eigenvalue weighted by molar-refractivity contribution is -0.200. The van der Waals surface area contributed by atoms with E-state index in [0.29, 0.717) is 22.7 Å². The van der Waals surface area contributed by atoms with E-state index in [1.165, 1.54) is 12.8 Å². The third-order valence-corrected chi connectivity index (χ3v) is 10.2. The molecule has 0 amide bonds. The molecule has 0 N–H and O–H groups in total. The Balaban J connectivity index is 1.24. The first-order chi connectivity index (χ1) is 12.1. The molecular weight excluding hydrogens is 326 g/mol. The Kier molecular flexibility index (Phi) is 2.97. The van der Waals surface area contributed by atoms with Crippen molar-refractivity contribution in [3.63, 3.8) is 0 Å². The molecule has 8 atom stereocenters. The molecule has 6 saturated carbocycles. The summed E-state index contributed by atoms with van der Waals surface area (Å²) in [4.78, 5) is 0. The Morgan fingerprint density at radius 2 is 1.00 bits per heavy atom. The minimum absolute atomic E-state index is 0.189. The van der Waals surface area contributed by atoms with E-state index in [2.05, 4.69) is 41.5 Å². The second-order valence-electron chi connectivity index (χ2n) is 11.7. The summed E-state index contributed by atoms with van der Waals surface area (Å²) in [5, 5.41) is 0. The van der Waals surface area contributed by atoms with Crippen LogP contribution in [0.5, 0.6) is 0 Å². The molecule has 0 aromatic heterocycles. The number of hydrogen-bond acceptors (Lipinski definition) is 4. The van der Waals surface area contributed by atoms with Crippen molar-refractivity contribution in [3.05, 3.63) is 0 Å². The minimum atomic E-state index is -0.372. The topological polar surface area (TPSA) is 36.9 Å². The van der Waals surface area contributed by atoms with Gasteiger partial charge < -0.3 is 18.6 Å². The monoisotopic (exact) mass is 358 g/mol. The lowest BCUT2D eigenvalue weighted by atomic mass is 9.43. The van der Waals surface area contributed by atoms with Crippen molar-refractivity contribution in [2.24, 2.45) is 34.5 Å². The molecule has 2 aliphatic heterocycles. The van der Waals surface area contributed by atoms with Gasteiger partial charge in [-0.25, -0.2) is 0 Å². The third kappa shape index (κ3) is 1.71. The van der Waals surface area contributed by atoms with Crippen molar-refractivity contribution in [3.8, 4) is 0 Å². The average molecular weight is 358 g/mol. The highest BCUT2D eigenvalue weighted by Gasteiger charge is 2.73. The molecule has 0 aromatic carbocycles. The highest BCUT2D eigenvalue weighted by molar-refractivity contribution is 7.11. The molecule has 8 aliphatic rings. The van der Waals surface area contributed by atoms with E-state index in [1.807, 2.05) is 0 Å². The quantitative estimate of drug-likeness (QED) is 0.673. The molecule has 6 aliphatic carbocycles. The number of hydrogen-bond donors (Lipinski definition) is 0. The zero-order valence-corrected chi connectivity index (χ0v) is 17.1. The van der Waals surface area contributed by atoms with Crippen molar-refractivity contribution < 1.29 is 18.6 Å². The Labute approximate surface area is 158 Å². The van der Waals surface area contributed by atoms with E-state index in [9.17, 15) is 0 Å². The molecule has 142 valence electrons. The van der Waals surface area contributed by atoms with Crippen LogP contribution in [-0.2, 0) is 18.6 Å². The average Bonchev–Trinajstić information content (AvgIpc) is 3.09. The van der Waals surface area contributed by atoms with Gasteiger partial charge in [0, 0.05) is 0 Å². The Morgan fingerprint density at radius 3 is 1.35 bits per heavy atom. The van der Waals surface area contributed by atoms with E-state index in [-0.39, 0.29) is 37.4 Å². The van der Waals surface area contributed by atoms with E-state index >= 15 is 0 Å². The molecule has 2 saturated heterocycles. The third-order valence-electron chi connectivity index (χ3n) is 10.2. The fourth-order valence-corrected chi connectivity index (χ4v) is 8.03. The van der Waals surface area contributed by atoms with Crippen LogP contribution < -0.4 is 0 Å². The molecule has 8 rings (SSSR count). The van der Waals surface area contributed by atoms with Crippen LogP contribution in [0.15, 0.2) is 0 Å². The molecule has 4 nitrogen and oxygen atoms in total. The van der Waals surface area contributed by atoms with E-state index in [0.717, 1.165) is 24.7 Å². The summed E-state index contributed by atoms with van der Waals surface area (Å²) >= 11 is 0. The van der Waals surface area contributed by atoms with Crippen molar-refractivity contribution >= 4 is 14.0 Å². The molecule has 2 heterocycles. The lowest BCUT2D eigenvalue weighted by Crippen LogP contribution is -2.65. The molecule has 6 heteroatoms. The summed E-state index contributed by atoms with van der Waals surface area (Å²) in [6.45, 7) is 14.1. The maximum atomic E-state index is 6.60. The lowest BCUT2D eigenvalue weighted by Gasteiger charge is -2.64. The summed E-state index contributed by atoms with van der Waals surface area (Å²) in [5.74, 6) is 2.70. The summed E-state index contributed by atoms with van der Waals surface area (Å²) in [6.07, 6.45) is 5.17. The van der Waals surface area contributed by atoms with Gasteiger partial charge in [-0.05, 0) is 74.0 Å². The molecule has 0 radical (unpaired) electrons. The maximum absolute atomic E-state index is 6.60. The van der Waals surface area contributed by atoms with Gasteiger partial charge in [0.2, 0.25) is 0 Å². The summed E-state index contributed by atoms with van der Waals surface area (Å²) in [7, 11) is -0.745. The molecule has 0 spiro atoms. The zero-order chi connectivity index (χ0) is 18.3. The highest BCUT2D eigenvalue weighted by Crippen LogP contribution is 2.67. The SMILES string of the molecule is CC1(C)[C@H]2CC3OB(B4OC5C[C@H]6C[C@H](C6(C)C)[C@@]5(C)O4)O[C@]3(C)[C@@H]1C2. The second-order valence-corrected chi connectivity index (χ2v) is 11.7. The van der Waals surface area contributed by atoms with E-state index in [1.54, 1.807) is 0 Å². The van der Waals surface area contributed by atoms with Gasteiger partial charge in [-0.1, -0.05) is 27.7 Å². The zero-order valence-electron chi connectivity index (χ0n) is 17.1. The Bertz CT molecular complexity index is 612. The van der Waals surface area contributed by atoms with Gasteiger partial charge in [0.15, 0.2) is 0 Å². The maximum Gasteiger partial charge on any atom is 0.488 e. The summed E-state index contributed by atoms with van der Waals surface area (Å²) < 4.78 is 26.1. The molecule has 0 aromatic rings. The van der Waals surface area contributed by atoms with E-state index < -0.39 is 0 Å². The largest absolute Gasteiger partial charge is 0.488 e. The van der Waals surface area contributed by atoms with Gasteiger partial charge in [0.25, 0.3) is 0 Å². The number of rotatable bonds is 1. The van der Waals surface area contributed by atoms with Gasteiger partial charge in [0.1, 0.15) is 0 Å².